The molecule has 0 aliphatic carbocycles. The zero-order chi connectivity index (χ0) is 6.57. The number of aliphatic hydroxyl groups excluding tert-OH is 2. The van der Waals surface area contributed by atoms with Crippen LogP contribution in [-0.4, -0.2) is 21.9 Å². The van der Waals surface area contributed by atoms with Crippen LogP contribution >= 0.6 is 11.6 Å². The van der Waals surface area contributed by atoms with E-state index in [4.69, 9.17) is 27.1 Å². The topological polar surface area (TPSA) is 64.2 Å². The van der Waals surface area contributed by atoms with Crippen molar-refractivity contribution < 1.29 is 10.2 Å². The van der Waals surface area contributed by atoms with Crippen LogP contribution in [0.5, 0.6) is 0 Å². The van der Waals surface area contributed by atoms with Gasteiger partial charge in [0.25, 0.3) is 0 Å². The van der Waals surface area contributed by atoms with E-state index in [1.165, 1.54) is 6.07 Å². The standard InChI is InChI=1S/C4H6ClNO2/c5-4(8)1-3(7)2-6/h3-4,7-8H,1H2. The first-order valence-corrected chi connectivity index (χ1v) is 2.50. The number of hydrogen-bond donors (Lipinski definition) is 2. The van der Waals surface area contributed by atoms with Crippen LogP contribution in [0.15, 0.2) is 0 Å². The quantitative estimate of drug-likeness (QED) is 0.408. The molecule has 0 rings (SSSR count). The summed E-state index contributed by atoms with van der Waals surface area (Å²) in [6, 6.07) is 1.51. The fraction of sp³-hybridized carbons (Fsp3) is 0.750. The molecule has 0 saturated heterocycles. The van der Waals surface area contributed by atoms with Crippen molar-refractivity contribution in [2.45, 2.75) is 18.1 Å². The van der Waals surface area contributed by atoms with Crippen LogP contribution in [0.25, 0.3) is 0 Å². The molecule has 8 heavy (non-hydrogen) atoms. The second-order valence-corrected chi connectivity index (χ2v) is 1.82. The number of nitriles is 1. The van der Waals surface area contributed by atoms with Gasteiger partial charge < -0.3 is 10.2 Å². The lowest BCUT2D eigenvalue weighted by molar-refractivity contribution is 0.155. The maximum atomic E-state index is 8.42. The molecule has 0 fully saturated rings. The first kappa shape index (κ1) is 7.70. The Morgan fingerprint density at radius 1 is 1.62 bits per heavy atom. The summed E-state index contributed by atoms with van der Waals surface area (Å²) in [6.07, 6.45) is -1.25. The van der Waals surface area contributed by atoms with E-state index >= 15 is 0 Å². The predicted octanol–water partition coefficient (Wildman–Crippen LogP) is -0.182. The number of hydrogen-bond acceptors (Lipinski definition) is 3. The molecular weight excluding hydrogens is 130 g/mol. The summed E-state index contributed by atoms with van der Waals surface area (Å²) in [5.74, 6) is 0. The zero-order valence-corrected chi connectivity index (χ0v) is 4.84. The van der Waals surface area contributed by atoms with Crippen molar-refractivity contribution in [2.24, 2.45) is 0 Å². The number of rotatable bonds is 2. The summed E-state index contributed by atoms with van der Waals surface area (Å²) in [7, 11) is 0. The lowest BCUT2D eigenvalue weighted by Gasteiger charge is -1.99. The second-order valence-electron chi connectivity index (χ2n) is 1.32. The van der Waals surface area contributed by atoms with E-state index < -0.39 is 11.7 Å². The molecule has 0 heterocycles. The van der Waals surface area contributed by atoms with Crippen molar-refractivity contribution in [3.8, 4) is 6.07 Å². The van der Waals surface area contributed by atoms with Gasteiger partial charge in [0, 0.05) is 6.42 Å². The number of halogens is 1. The van der Waals surface area contributed by atoms with Gasteiger partial charge in [-0.25, -0.2) is 0 Å². The highest BCUT2D eigenvalue weighted by atomic mass is 35.5. The van der Waals surface area contributed by atoms with Crippen molar-refractivity contribution in [3.63, 3.8) is 0 Å². The summed E-state index contributed by atoms with van der Waals surface area (Å²) in [5, 5.41) is 24.6. The molecule has 4 heteroatoms. The van der Waals surface area contributed by atoms with E-state index in [2.05, 4.69) is 0 Å². The Morgan fingerprint density at radius 3 is 2.25 bits per heavy atom. The number of alkyl halides is 1. The van der Waals surface area contributed by atoms with Gasteiger partial charge in [-0.2, -0.15) is 5.26 Å². The molecular formula is C4H6ClNO2. The van der Waals surface area contributed by atoms with Crippen LogP contribution in [0, 0.1) is 11.3 Å². The highest BCUT2D eigenvalue weighted by Crippen LogP contribution is 1.99. The summed E-state index contributed by atoms with van der Waals surface area (Å²) in [4.78, 5) is 0. The van der Waals surface area contributed by atoms with E-state index in [0.717, 1.165) is 0 Å². The third-order valence-electron chi connectivity index (χ3n) is 0.567. The summed E-state index contributed by atoms with van der Waals surface area (Å²) in [5.41, 5.74) is -1.12. The molecule has 0 radical (unpaired) electrons. The molecule has 0 aromatic carbocycles. The van der Waals surface area contributed by atoms with Crippen molar-refractivity contribution in [2.75, 3.05) is 0 Å². The van der Waals surface area contributed by atoms with Gasteiger partial charge in [-0.3, -0.25) is 0 Å². The van der Waals surface area contributed by atoms with Gasteiger partial charge >= 0.3 is 0 Å². The normalized spacial score (nSPS) is 16.8. The van der Waals surface area contributed by atoms with Gasteiger partial charge in [0.05, 0.1) is 6.07 Å². The van der Waals surface area contributed by atoms with Gasteiger partial charge in [-0.1, -0.05) is 11.6 Å². The minimum atomic E-state index is -1.15. The Balaban J connectivity index is 3.28. The minimum absolute atomic E-state index is 0.0992. The molecule has 46 valence electrons. The van der Waals surface area contributed by atoms with Crippen LogP contribution in [0.4, 0.5) is 0 Å². The predicted molar refractivity (Wildman–Crippen MR) is 28.1 cm³/mol. The van der Waals surface area contributed by atoms with Crippen LogP contribution in [0.1, 0.15) is 6.42 Å². The molecule has 0 aromatic heterocycles. The van der Waals surface area contributed by atoms with E-state index in [-0.39, 0.29) is 6.42 Å². The summed E-state index contributed by atoms with van der Waals surface area (Å²) >= 11 is 5.00. The lowest BCUT2D eigenvalue weighted by Crippen LogP contribution is -2.09. The highest BCUT2D eigenvalue weighted by Gasteiger charge is 2.05. The van der Waals surface area contributed by atoms with Crippen molar-refractivity contribution >= 4 is 11.6 Å². The lowest BCUT2D eigenvalue weighted by atomic mass is 10.3. The molecule has 0 aliphatic rings. The fourth-order valence-electron chi connectivity index (χ4n) is 0.237. The van der Waals surface area contributed by atoms with Gasteiger partial charge in [0.15, 0.2) is 0 Å². The van der Waals surface area contributed by atoms with Crippen LogP contribution in [0.3, 0.4) is 0 Å². The van der Waals surface area contributed by atoms with Crippen molar-refractivity contribution in [1.82, 2.24) is 0 Å². The van der Waals surface area contributed by atoms with Gasteiger partial charge in [0.2, 0.25) is 0 Å². The first-order valence-electron chi connectivity index (χ1n) is 2.06. The van der Waals surface area contributed by atoms with E-state index in [1.54, 1.807) is 0 Å². The average Bonchev–Trinajstić information content (AvgIpc) is 1.65. The molecule has 2 atom stereocenters. The average molecular weight is 136 g/mol. The Morgan fingerprint density at radius 2 is 2.12 bits per heavy atom. The van der Waals surface area contributed by atoms with Gasteiger partial charge in [-0.15, -0.1) is 0 Å². The molecule has 3 nitrogen and oxygen atoms in total. The van der Waals surface area contributed by atoms with Gasteiger partial charge in [-0.05, 0) is 0 Å². The Labute approximate surface area is 52.1 Å². The van der Waals surface area contributed by atoms with E-state index in [9.17, 15) is 0 Å². The van der Waals surface area contributed by atoms with E-state index in [1.807, 2.05) is 0 Å². The fourth-order valence-corrected chi connectivity index (χ4v) is 0.406. The zero-order valence-electron chi connectivity index (χ0n) is 4.08. The smallest absolute Gasteiger partial charge is 0.144 e. The maximum Gasteiger partial charge on any atom is 0.144 e. The molecule has 2 unspecified atom stereocenters. The number of nitrogens with zero attached hydrogens (tertiary/aromatic N) is 1. The minimum Gasteiger partial charge on any atom is -0.378 e. The molecule has 0 spiro atoms. The van der Waals surface area contributed by atoms with Crippen LogP contribution in [0.2, 0.25) is 0 Å². The Bertz CT molecular complexity index is 98.7. The second kappa shape index (κ2) is 3.67. The van der Waals surface area contributed by atoms with Crippen LogP contribution in [-0.2, 0) is 0 Å². The summed E-state index contributed by atoms with van der Waals surface area (Å²) in [6.45, 7) is 0. The van der Waals surface area contributed by atoms with Crippen LogP contribution < -0.4 is 0 Å². The largest absolute Gasteiger partial charge is 0.378 e. The molecule has 0 amide bonds. The Kier molecular flexibility index (Phi) is 3.53. The SMILES string of the molecule is N#CC(O)CC(O)Cl. The molecule has 2 N–H and O–H groups in total. The molecule has 0 aliphatic heterocycles. The highest BCUT2D eigenvalue weighted by molar-refractivity contribution is 6.19. The third-order valence-corrected chi connectivity index (χ3v) is 0.745. The number of aliphatic hydroxyl groups is 2. The molecule has 0 saturated carbocycles. The summed E-state index contributed by atoms with van der Waals surface area (Å²) < 4.78 is 0. The first-order chi connectivity index (χ1) is 3.66. The maximum absolute atomic E-state index is 8.42. The molecule has 0 aromatic rings. The van der Waals surface area contributed by atoms with Gasteiger partial charge in [0.1, 0.15) is 11.7 Å². The van der Waals surface area contributed by atoms with Crippen molar-refractivity contribution in [1.29, 1.82) is 5.26 Å². The third kappa shape index (κ3) is 3.88. The van der Waals surface area contributed by atoms with Crippen molar-refractivity contribution in [3.05, 3.63) is 0 Å². The monoisotopic (exact) mass is 135 g/mol. The van der Waals surface area contributed by atoms with E-state index in [0.29, 0.717) is 0 Å². The Hall–Kier alpha value is -0.300. The molecule has 0 bridgehead atoms.